The van der Waals surface area contributed by atoms with E-state index in [9.17, 15) is 4.79 Å². The van der Waals surface area contributed by atoms with Crippen molar-refractivity contribution in [1.82, 2.24) is 10.6 Å². The van der Waals surface area contributed by atoms with Crippen LogP contribution in [0, 0.1) is 5.41 Å². The molecule has 0 spiro atoms. The van der Waals surface area contributed by atoms with Gasteiger partial charge in [0.25, 0.3) is 0 Å². The van der Waals surface area contributed by atoms with Gasteiger partial charge >= 0.3 is 0 Å². The average Bonchev–Trinajstić information content (AvgIpc) is 2.88. The van der Waals surface area contributed by atoms with Gasteiger partial charge in [-0.1, -0.05) is 13.8 Å². The highest BCUT2D eigenvalue weighted by molar-refractivity contribution is 7.99. The predicted molar refractivity (Wildman–Crippen MR) is 72.0 cm³/mol. The number of aliphatic hydroxyl groups excluding tert-OH is 1. The van der Waals surface area contributed by atoms with Gasteiger partial charge in [0, 0.05) is 24.8 Å². The number of nitrogens with one attached hydrogen (secondary N) is 2. The van der Waals surface area contributed by atoms with Gasteiger partial charge in [-0.2, -0.15) is 0 Å². The van der Waals surface area contributed by atoms with Crippen LogP contribution in [0.15, 0.2) is 0 Å². The molecule has 17 heavy (non-hydrogen) atoms. The van der Waals surface area contributed by atoms with Gasteiger partial charge in [-0.15, -0.1) is 11.8 Å². The fourth-order valence-corrected chi connectivity index (χ4v) is 3.08. The molecule has 1 saturated heterocycles. The molecule has 0 unspecified atom stereocenters. The van der Waals surface area contributed by atoms with Gasteiger partial charge in [0.1, 0.15) is 0 Å². The van der Waals surface area contributed by atoms with Crippen molar-refractivity contribution < 1.29 is 9.90 Å². The minimum Gasteiger partial charge on any atom is -0.396 e. The van der Waals surface area contributed by atoms with Gasteiger partial charge in [-0.3, -0.25) is 10.1 Å². The normalized spacial score (nSPS) is 20.5. The highest BCUT2D eigenvalue weighted by atomic mass is 32.2. The smallest absolute Gasteiger partial charge is 0.238 e. The summed E-state index contributed by atoms with van der Waals surface area (Å²) in [5.74, 6) is 1.82. The number of hydrogen-bond acceptors (Lipinski definition) is 4. The lowest BCUT2D eigenvalue weighted by atomic mass is 9.79. The van der Waals surface area contributed by atoms with Gasteiger partial charge in [-0.05, 0) is 24.7 Å². The molecular weight excluding hydrogens is 236 g/mol. The van der Waals surface area contributed by atoms with Gasteiger partial charge in [0.05, 0.1) is 6.04 Å². The summed E-state index contributed by atoms with van der Waals surface area (Å²) >= 11 is 1.75. The zero-order chi connectivity index (χ0) is 12.7. The first-order valence-corrected chi connectivity index (χ1v) is 7.52. The third-order valence-corrected chi connectivity index (χ3v) is 4.75. The second-order valence-corrected chi connectivity index (χ2v) is 5.70. The highest BCUT2D eigenvalue weighted by Gasteiger charge is 2.28. The fraction of sp³-hybridized carbons (Fsp3) is 0.917. The van der Waals surface area contributed by atoms with Gasteiger partial charge in [-0.25, -0.2) is 0 Å². The quantitative estimate of drug-likeness (QED) is 0.638. The van der Waals surface area contributed by atoms with E-state index >= 15 is 0 Å². The zero-order valence-electron chi connectivity index (χ0n) is 10.8. The molecule has 1 fully saturated rings. The largest absolute Gasteiger partial charge is 0.396 e. The molecule has 1 amide bonds. The number of carbonyl (C=O) groups is 1. The van der Waals surface area contributed by atoms with Crippen molar-refractivity contribution in [1.29, 1.82) is 0 Å². The first-order chi connectivity index (χ1) is 8.17. The maximum absolute atomic E-state index is 11.9. The van der Waals surface area contributed by atoms with Crippen molar-refractivity contribution in [3.63, 3.8) is 0 Å². The van der Waals surface area contributed by atoms with Crippen LogP contribution in [0.25, 0.3) is 0 Å². The molecule has 1 aliphatic heterocycles. The van der Waals surface area contributed by atoms with E-state index in [1.54, 1.807) is 11.8 Å². The third kappa shape index (κ3) is 4.16. The van der Waals surface area contributed by atoms with Crippen molar-refractivity contribution >= 4 is 17.7 Å². The molecule has 1 aliphatic rings. The van der Waals surface area contributed by atoms with Gasteiger partial charge in [0.2, 0.25) is 5.91 Å². The van der Waals surface area contributed by atoms with Crippen molar-refractivity contribution in [3.8, 4) is 0 Å². The van der Waals surface area contributed by atoms with Crippen molar-refractivity contribution in [2.75, 3.05) is 24.8 Å². The van der Waals surface area contributed by atoms with Crippen LogP contribution in [0.2, 0.25) is 0 Å². The fourth-order valence-electron chi connectivity index (χ4n) is 2.14. The van der Waals surface area contributed by atoms with E-state index < -0.39 is 0 Å². The Labute approximate surface area is 108 Å². The van der Waals surface area contributed by atoms with Crippen molar-refractivity contribution in [3.05, 3.63) is 0 Å². The summed E-state index contributed by atoms with van der Waals surface area (Å²) in [4.78, 5) is 11.9. The van der Waals surface area contributed by atoms with E-state index in [4.69, 9.17) is 5.11 Å². The molecule has 100 valence electrons. The number of carbonyl (C=O) groups excluding carboxylic acids is 1. The first-order valence-electron chi connectivity index (χ1n) is 6.37. The lowest BCUT2D eigenvalue weighted by Gasteiger charge is -2.31. The Morgan fingerprint density at radius 3 is 2.71 bits per heavy atom. The summed E-state index contributed by atoms with van der Waals surface area (Å²) in [6.07, 6.45) is 2.72. The Kier molecular flexibility index (Phi) is 6.30. The molecule has 0 aromatic carbocycles. The van der Waals surface area contributed by atoms with Crippen LogP contribution in [0.4, 0.5) is 0 Å². The summed E-state index contributed by atoms with van der Waals surface area (Å²) in [7, 11) is 0. The van der Waals surface area contributed by atoms with E-state index in [1.807, 2.05) is 0 Å². The Morgan fingerprint density at radius 2 is 2.24 bits per heavy atom. The maximum Gasteiger partial charge on any atom is 0.238 e. The van der Waals surface area contributed by atoms with E-state index in [0.717, 1.165) is 30.9 Å². The number of rotatable bonds is 7. The van der Waals surface area contributed by atoms with Crippen molar-refractivity contribution in [2.24, 2.45) is 5.41 Å². The number of aliphatic hydroxyl groups is 1. The van der Waals surface area contributed by atoms with Crippen LogP contribution >= 0.6 is 11.8 Å². The van der Waals surface area contributed by atoms with Crippen LogP contribution in [-0.4, -0.2) is 41.8 Å². The minimum atomic E-state index is -0.0412. The SMILES string of the molecule is CCC(CC)(CCO)CNC(=O)[C@H]1CSCN1. The summed E-state index contributed by atoms with van der Waals surface area (Å²) < 4.78 is 0. The van der Waals surface area contributed by atoms with E-state index in [2.05, 4.69) is 24.5 Å². The molecule has 0 saturated carbocycles. The van der Waals surface area contributed by atoms with Crippen LogP contribution in [0.3, 0.4) is 0 Å². The Hall–Kier alpha value is -0.260. The van der Waals surface area contributed by atoms with Crippen LogP contribution < -0.4 is 10.6 Å². The summed E-state index contributed by atoms with van der Waals surface area (Å²) in [6, 6.07) is -0.0412. The molecule has 5 heteroatoms. The average molecular weight is 260 g/mol. The molecule has 4 nitrogen and oxygen atoms in total. The van der Waals surface area contributed by atoms with Crippen LogP contribution in [0.1, 0.15) is 33.1 Å². The lowest BCUT2D eigenvalue weighted by molar-refractivity contribution is -0.123. The summed E-state index contributed by atoms with van der Waals surface area (Å²) in [5, 5.41) is 15.3. The number of thioether (sulfide) groups is 1. The molecule has 1 atom stereocenters. The molecule has 1 heterocycles. The van der Waals surface area contributed by atoms with E-state index in [0.29, 0.717) is 6.54 Å². The monoisotopic (exact) mass is 260 g/mol. The van der Waals surface area contributed by atoms with E-state index in [-0.39, 0.29) is 24.0 Å². The number of hydrogen-bond donors (Lipinski definition) is 3. The molecule has 0 aliphatic carbocycles. The molecule has 0 radical (unpaired) electrons. The lowest BCUT2D eigenvalue weighted by Crippen LogP contribution is -2.46. The van der Waals surface area contributed by atoms with Crippen LogP contribution in [0.5, 0.6) is 0 Å². The molecule has 0 aromatic rings. The second kappa shape index (κ2) is 7.24. The highest BCUT2D eigenvalue weighted by Crippen LogP contribution is 2.29. The molecular formula is C12H24N2O2S. The maximum atomic E-state index is 11.9. The number of amides is 1. The molecule has 0 aromatic heterocycles. The van der Waals surface area contributed by atoms with Gasteiger partial charge in [0.15, 0.2) is 0 Å². The summed E-state index contributed by atoms with van der Waals surface area (Å²) in [6.45, 7) is 5.10. The second-order valence-electron chi connectivity index (χ2n) is 4.67. The minimum absolute atomic E-state index is 0.0412. The molecule has 3 N–H and O–H groups in total. The topological polar surface area (TPSA) is 61.4 Å². The zero-order valence-corrected chi connectivity index (χ0v) is 11.6. The van der Waals surface area contributed by atoms with Gasteiger partial charge < -0.3 is 10.4 Å². The Bertz CT molecular complexity index is 239. The molecule has 1 rings (SSSR count). The van der Waals surface area contributed by atoms with E-state index in [1.165, 1.54) is 0 Å². The molecule has 0 bridgehead atoms. The van der Waals surface area contributed by atoms with Crippen LogP contribution in [-0.2, 0) is 4.79 Å². The predicted octanol–water partition coefficient (Wildman–Crippen LogP) is 0.954. The Morgan fingerprint density at radius 1 is 1.53 bits per heavy atom. The van der Waals surface area contributed by atoms with Crippen molar-refractivity contribution in [2.45, 2.75) is 39.2 Å². The summed E-state index contributed by atoms with van der Waals surface area (Å²) in [5.41, 5.74) is 0.0517. The first kappa shape index (κ1) is 14.8. The standard InChI is InChI=1S/C12H24N2O2S/c1-3-12(4-2,5-6-15)8-13-11(16)10-7-17-9-14-10/h10,14-15H,3-9H2,1-2H3,(H,13,16)/t10-/m1/s1. The Balaban J connectivity index is 2.42. The third-order valence-electron chi connectivity index (χ3n) is 3.81.